The van der Waals surface area contributed by atoms with E-state index in [1.807, 2.05) is 0 Å². The van der Waals surface area contributed by atoms with E-state index in [1.165, 1.54) is 30.2 Å². The lowest BCUT2D eigenvalue weighted by molar-refractivity contribution is 0.0691. The fourth-order valence-electron chi connectivity index (χ4n) is 1.62. The maximum Gasteiger partial charge on any atom is 0.336 e. The van der Waals surface area contributed by atoms with Gasteiger partial charge in [-0.2, -0.15) is 0 Å². The van der Waals surface area contributed by atoms with Gasteiger partial charge in [0.15, 0.2) is 5.17 Å². The van der Waals surface area contributed by atoms with Crippen LogP contribution in [0.15, 0.2) is 23.5 Å². The van der Waals surface area contributed by atoms with Crippen LogP contribution in [0.4, 0.5) is 0 Å². The number of pyridine rings is 1. The van der Waals surface area contributed by atoms with Crippen molar-refractivity contribution in [1.82, 2.24) is 10.3 Å². The molecule has 0 saturated heterocycles. The van der Waals surface area contributed by atoms with E-state index in [1.54, 1.807) is 0 Å². The standard InChI is InChI=1S/C12H13N3O3S/c1-2-7-5-14-12(19-7)15-10(16)9-6-13-4-3-8(9)11(17)18/h3-4,6-7H,2,5H2,1H3,(H,17,18)(H,14,15,16). The molecular weight excluding hydrogens is 266 g/mol. The van der Waals surface area contributed by atoms with Crippen LogP contribution in [0.2, 0.25) is 0 Å². The SMILES string of the molecule is CCC1CN=C(NC(=O)c2cnccc2C(=O)O)S1. The molecule has 0 spiro atoms. The number of aromatic carboxylic acids is 1. The zero-order valence-corrected chi connectivity index (χ0v) is 11.1. The fraction of sp³-hybridized carbons (Fsp3) is 0.333. The summed E-state index contributed by atoms with van der Waals surface area (Å²) in [6.07, 6.45) is 3.56. The number of nitrogens with zero attached hydrogens (tertiary/aromatic N) is 2. The number of rotatable bonds is 3. The van der Waals surface area contributed by atoms with Crippen molar-refractivity contribution in [3.05, 3.63) is 29.6 Å². The first-order chi connectivity index (χ1) is 9.11. The second-order valence-corrected chi connectivity index (χ2v) is 5.26. The van der Waals surface area contributed by atoms with Crippen LogP contribution in [-0.4, -0.2) is 38.9 Å². The first kappa shape index (κ1) is 13.5. The molecule has 7 heteroatoms. The van der Waals surface area contributed by atoms with Crippen LogP contribution in [0.5, 0.6) is 0 Å². The Morgan fingerprint density at radius 1 is 1.53 bits per heavy atom. The molecular formula is C12H13N3O3S. The fourth-order valence-corrected chi connectivity index (χ4v) is 2.56. The Labute approximate surface area is 114 Å². The number of amides is 1. The summed E-state index contributed by atoms with van der Waals surface area (Å²) in [6, 6.07) is 1.30. The van der Waals surface area contributed by atoms with Crippen molar-refractivity contribution in [2.24, 2.45) is 4.99 Å². The molecule has 1 atom stereocenters. The molecule has 1 amide bonds. The molecule has 19 heavy (non-hydrogen) atoms. The highest BCUT2D eigenvalue weighted by Gasteiger charge is 2.22. The second kappa shape index (κ2) is 5.83. The van der Waals surface area contributed by atoms with E-state index >= 15 is 0 Å². The van der Waals surface area contributed by atoms with Crippen LogP contribution < -0.4 is 5.32 Å². The Balaban J connectivity index is 2.11. The second-order valence-electron chi connectivity index (χ2n) is 3.97. The number of amidine groups is 1. The van der Waals surface area contributed by atoms with Crippen LogP contribution >= 0.6 is 11.8 Å². The molecule has 6 nitrogen and oxygen atoms in total. The van der Waals surface area contributed by atoms with Crippen molar-refractivity contribution < 1.29 is 14.7 Å². The van der Waals surface area contributed by atoms with Gasteiger partial charge in [0, 0.05) is 17.6 Å². The molecule has 2 heterocycles. The minimum absolute atomic E-state index is 0.0400. The molecule has 2 N–H and O–H groups in total. The molecule has 0 fully saturated rings. The minimum Gasteiger partial charge on any atom is -0.478 e. The number of nitrogens with one attached hydrogen (secondary N) is 1. The summed E-state index contributed by atoms with van der Waals surface area (Å²) in [5, 5.41) is 12.6. The lowest BCUT2D eigenvalue weighted by atomic mass is 10.1. The van der Waals surface area contributed by atoms with Gasteiger partial charge in [0.05, 0.1) is 17.7 Å². The zero-order valence-electron chi connectivity index (χ0n) is 10.3. The molecule has 0 radical (unpaired) electrons. The highest BCUT2D eigenvalue weighted by Crippen LogP contribution is 2.22. The highest BCUT2D eigenvalue weighted by atomic mass is 32.2. The van der Waals surface area contributed by atoms with Crippen LogP contribution in [-0.2, 0) is 0 Å². The summed E-state index contributed by atoms with van der Waals surface area (Å²) in [6.45, 7) is 2.73. The predicted octanol–water partition coefficient (Wildman–Crippen LogP) is 1.39. The Morgan fingerprint density at radius 2 is 2.32 bits per heavy atom. The summed E-state index contributed by atoms with van der Waals surface area (Å²) >= 11 is 1.50. The van der Waals surface area contributed by atoms with E-state index in [0.717, 1.165) is 6.42 Å². The zero-order chi connectivity index (χ0) is 13.8. The molecule has 1 unspecified atom stereocenters. The molecule has 1 aromatic rings. The number of carboxylic acid groups (broad SMARTS) is 1. The number of hydrogen-bond acceptors (Lipinski definition) is 5. The van der Waals surface area contributed by atoms with Gasteiger partial charge in [-0.3, -0.25) is 14.8 Å². The third kappa shape index (κ3) is 3.11. The predicted molar refractivity (Wildman–Crippen MR) is 72.6 cm³/mol. The summed E-state index contributed by atoms with van der Waals surface area (Å²) in [7, 11) is 0. The maximum atomic E-state index is 12.0. The molecule has 1 aliphatic heterocycles. The van der Waals surface area contributed by atoms with Crippen molar-refractivity contribution >= 4 is 28.8 Å². The Hall–Kier alpha value is -1.89. The Morgan fingerprint density at radius 3 is 2.95 bits per heavy atom. The Bertz CT molecular complexity index is 545. The number of carbonyl (C=O) groups is 2. The third-order valence-corrected chi connectivity index (χ3v) is 3.96. The monoisotopic (exact) mass is 279 g/mol. The van der Waals surface area contributed by atoms with Crippen molar-refractivity contribution in [2.45, 2.75) is 18.6 Å². The topological polar surface area (TPSA) is 91.7 Å². The van der Waals surface area contributed by atoms with Crippen molar-refractivity contribution in [3.8, 4) is 0 Å². The molecule has 1 aliphatic rings. The number of aromatic nitrogens is 1. The largest absolute Gasteiger partial charge is 0.478 e. The number of hydrogen-bond donors (Lipinski definition) is 2. The van der Waals surface area contributed by atoms with Crippen LogP contribution in [0, 0.1) is 0 Å². The van der Waals surface area contributed by atoms with Crippen molar-refractivity contribution in [1.29, 1.82) is 0 Å². The summed E-state index contributed by atoms with van der Waals surface area (Å²) in [4.78, 5) is 31.0. The van der Waals surface area contributed by atoms with Crippen LogP contribution in [0.25, 0.3) is 0 Å². The van der Waals surface area contributed by atoms with E-state index in [4.69, 9.17) is 5.11 Å². The average Bonchev–Trinajstić information content (AvgIpc) is 2.86. The molecule has 2 rings (SSSR count). The van der Waals surface area contributed by atoms with E-state index < -0.39 is 11.9 Å². The molecule has 0 bridgehead atoms. The first-order valence-electron chi connectivity index (χ1n) is 5.81. The van der Waals surface area contributed by atoms with Crippen LogP contribution in [0.3, 0.4) is 0 Å². The lowest BCUT2D eigenvalue weighted by Gasteiger charge is -2.07. The highest BCUT2D eigenvalue weighted by molar-refractivity contribution is 8.14. The summed E-state index contributed by atoms with van der Waals surface area (Å²) in [5.41, 5.74) is -0.0265. The lowest BCUT2D eigenvalue weighted by Crippen LogP contribution is -2.29. The number of aliphatic imine (C=N–C) groups is 1. The molecule has 0 aromatic carbocycles. The van der Waals surface area contributed by atoms with Gasteiger partial charge in [0.1, 0.15) is 0 Å². The molecule has 0 aliphatic carbocycles. The Kier molecular flexibility index (Phi) is 4.16. The van der Waals surface area contributed by atoms with Crippen LogP contribution in [0.1, 0.15) is 34.1 Å². The average molecular weight is 279 g/mol. The molecule has 100 valence electrons. The van der Waals surface area contributed by atoms with Crippen molar-refractivity contribution in [2.75, 3.05) is 6.54 Å². The van der Waals surface area contributed by atoms with Crippen molar-refractivity contribution in [3.63, 3.8) is 0 Å². The first-order valence-corrected chi connectivity index (χ1v) is 6.69. The van der Waals surface area contributed by atoms with E-state index in [0.29, 0.717) is 17.0 Å². The van der Waals surface area contributed by atoms with Gasteiger partial charge in [0.25, 0.3) is 5.91 Å². The van der Waals surface area contributed by atoms with Gasteiger partial charge in [-0.1, -0.05) is 18.7 Å². The number of thioether (sulfide) groups is 1. The smallest absolute Gasteiger partial charge is 0.336 e. The van der Waals surface area contributed by atoms with E-state index in [2.05, 4.69) is 22.2 Å². The quantitative estimate of drug-likeness (QED) is 0.872. The van der Waals surface area contributed by atoms with E-state index in [-0.39, 0.29) is 11.1 Å². The summed E-state index contributed by atoms with van der Waals surface area (Å²) < 4.78 is 0. The van der Waals surface area contributed by atoms with Gasteiger partial charge in [-0.15, -0.1) is 0 Å². The minimum atomic E-state index is -1.15. The molecule has 0 saturated carbocycles. The van der Waals surface area contributed by atoms with Gasteiger partial charge in [-0.05, 0) is 12.5 Å². The maximum absolute atomic E-state index is 12.0. The van der Waals surface area contributed by atoms with E-state index in [9.17, 15) is 9.59 Å². The summed E-state index contributed by atoms with van der Waals surface area (Å²) in [5.74, 6) is -1.64. The third-order valence-electron chi connectivity index (χ3n) is 2.69. The van der Waals surface area contributed by atoms with Gasteiger partial charge >= 0.3 is 5.97 Å². The van der Waals surface area contributed by atoms with Gasteiger partial charge in [0.2, 0.25) is 0 Å². The molecule has 1 aromatic heterocycles. The number of carboxylic acids is 1. The number of carbonyl (C=O) groups excluding carboxylic acids is 1. The van der Waals surface area contributed by atoms with Gasteiger partial charge < -0.3 is 10.4 Å². The van der Waals surface area contributed by atoms with Gasteiger partial charge in [-0.25, -0.2) is 4.79 Å². The normalized spacial score (nSPS) is 17.9.